The summed E-state index contributed by atoms with van der Waals surface area (Å²) in [6.07, 6.45) is 0.817. The highest BCUT2D eigenvalue weighted by Crippen LogP contribution is 2.15. The lowest BCUT2D eigenvalue weighted by atomic mass is 10.1. The predicted octanol–water partition coefficient (Wildman–Crippen LogP) is 2.88. The van der Waals surface area contributed by atoms with Crippen LogP contribution in [-0.4, -0.2) is 23.4 Å². The minimum Gasteiger partial charge on any atom is -0.370 e. The number of aliphatic imine (C=N–C) groups is 1. The Morgan fingerprint density at radius 2 is 1.79 bits per heavy atom. The van der Waals surface area contributed by atoms with Crippen molar-refractivity contribution in [3.8, 4) is 0 Å². The van der Waals surface area contributed by atoms with E-state index in [1.165, 1.54) is 5.56 Å². The topological polar surface area (TPSA) is 83.3 Å². The van der Waals surface area contributed by atoms with Crippen LogP contribution >= 0.6 is 12.4 Å². The van der Waals surface area contributed by atoms with Crippen LogP contribution in [0.1, 0.15) is 16.1 Å². The van der Waals surface area contributed by atoms with Crippen molar-refractivity contribution in [2.24, 2.45) is 10.7 Å². The van der Waals surface area contributed by atoms with Crippen molar-refractivity contribution in [2.45, 2.75) is 6.42 Å². The van der Waals surface area contributed by atoms with Crippen LogP contribution < -0.4 is 11.1 Å². The van der Waals surface area contributed by atoms with Crippen molar-refractivity contribution in [1.82, 2.24) is 10.3 Å². The number of carbonyl (C=O) groups is 1. The Bertz CT molecular complexity index is 809. The van der Waals surface area contributed by atoms with E-state index in [4.69, 9.17) is 5.73 Å². The lowest BCUT2D eigenvalue weighted by Gasteiger charge is -2.04. The zero-order chi connectivity index (χ0) is 16.1. The monoisotopic (exact) mass is 342 g/mol. The average Bonchev–Trinajstić information content (AvgIpc) is 3.00. The number of para-hydroxylation sites is 1. The number of hydrogen-bond donors (Lipinski definition) is 3. The van der Waals surface area contributed by atoms with Crippen molar-refractivity contribution >= 4 is 35.2 Å². The molecule has 1 aromatic heterocycles. The molecule has 3 aromatic rings. The summed E-state index contributed by atoms with van der Waals surface area (Å²) < 4.78 is 0. The van der Waals surface area contributed by atoms with Crippen LogP contribution in [0.4, 0.5) is 0 Å². The first-order valence-corrected chi connectivity index (χ1v) is 7.46. The normalized spacial score (nSPS) is 11.1. The van der Waals surface area contributed by atoms with Crippen LogP contribution in [0.2, 0.25) is 0 Å². The van der Waals surface area contributed by atoms with Gasteiger partial charge in [-0.15, -0.1) is 12.4 Å². The van der Waals surface area contributed by atoms with Crippen LogP contribution in [0.25, 0.3) is 10.9 Å². The third kappa shape index (κ3) is 4.36. The average molecular weight is 343 g/mol. The molecule has 6 heteroatoms. The number of amides is 1. The lowest BCUT2D eigenvalue weighted by molar-refractivity contribution is 0.0998. The van der Waals surface area contributed by atoms with Gasteiger partial charge in [0.25, 0.3) is 5.91 Å². The van der Waals surface area contributed by atoms with E-state index in [9.17, 15) is 4.79 Å². The van der Waals surface area contributed by atoms with Crippen LogP contribution in [-0.2, 0) is 6.42 Å². The maximum Gasteiger partial charge on any atom is 0.296 e. The van der Waals surface area contributed by atoms with Gasteiger partial charge in [0.05, 0.1) is 0 Å². The van der Waals surface area contributed by atoms with Crippen LogP contribution in [0, 0.1) is 0 Å². The first-order chi connectivity index (χ1) is 11.2. The molecule has 124 valence electrons. The van der Waals surface area contributed by atoms with Gasteiger partial charge >= 0.3 is 0 Å². The van der Waals surface area contributed by atoms with Crippen molar-refractivity contribution < 1.29 is 4.79 Å². The van der Waals surface area contributed by atoms with Gasteiger partial charge in [-0.2, -0.15) is 4.99 Å². The zero-order valence-corrected chi connectivity index (χ0v) is 13.8. The number of benzene rings is 2. The number of hydrogen-bond acceptors (Lipinski definition) is 1. The fourth-order valence-electron chi connectivity index (χ4n) is 2.38. The van der Waals surface area contributed by atoms with Gasteiger partial charge in [0.1, 0.15) is 5.69 Å². The van der Waals surface area contributed by atoms with Gasteiger partial charge in [-0.25, -0.2) is 0 Å². The highest BCUT2D eigenvalue weighted by atomic mass is 35.5. The van der Waals surface area contributed by atoms with Gasteiger partial charge < -0.3 is 16.0 Å². The van der Waals surface area contributed by atoms with E-state index < -0.39 is 0 Å². The second kappa shape index (κ2) is 8.17. The minimum absolute atomic E-state index is 0. The number of nitrogens with two attached hydrogens (primary N) is 1. The zero-order valence-electron chi connectivity index (χ0n) is 13.0. The molecular weight excluding hydrogens is 324 g/mol. The van der Waals surface area contributed by atoms with Crippen molar-refractivity contribution in [3.05, 3.63) is 71.9 Å². The number of halogens is 1. The quantitative estimate of drug-likeness (QED) is 0.503. The summed E-state index contributed by atoms with van der Waals surface area (Å²) in [5.41, 5.74) is 8.31. The molecular formula is C18H19ClN4O. The van der Waals surface area contributed by atoms with Crippen molar-refractivity contribution in [3.63, 3.8) is 0 Å². The number of guanidine groups is 1. The van der Waals surface area contributed by atoms with E-state index in [1.54, 1.807) is 6.07 Å². The standard InChI is InChI=1S/C18H18N4O.ClH/c19-18(20-11-10-13-6-2-1-3-7-13)22-17(23)16-12-14-8-4-5-9-15(14)21-16;/h1-9,12,21H,10-11H2,(H3,19,20,22,23);1H. The molecule has 0 saturated carbocycles. The van der Waals surface area contributed by atoms with E-state index in [0.717, 1.165) is 17.3 Å². The molecule has 0 spiro atoms. The molecule has 24 heavy (non-hydrogen) atoms. The predicted molar refractivity (Wildman–Crippen MR) is 99.6 cm³/mol. The van der Waals surface area contributed by atoms with E-state index in [-0.39, 0.29) is 24.3 Å². The first-order valence-electron chi connectivity index (χ1n) is 7.46. The highest BCUT2D eigenvalue weighted by Gasteiger charge is 2.08. The number of rotatable bonds is 4. The summed E-state index contributed by atoms with van der Waals surface area (Å²) in [4.78, 5) is 19.0. The molecule has 0 aliphatic carbocycles. The third-order valence-electron chi connectivity index (χ3n) is 3.54. The van der Waals surface area contributed by atoms with Crippen molar-refractivity contribution in [1.29, 1.82) is 0 Å². The maximum absolute atomic E-state index is 12.1. The Labute approximate surface area is 146 Å². The Balaban J connectivity index is 0.00000208. The third-order valence-corrected chi connectivity index (χ3v) is 3.54. The summed E-state index contributed by atoms with van der Waals surface area (Å²) in [7, 11) is 0. The van der Waals surface area contributed by atoms with E-state index in [0.29, 0.717) is 12.2 Å². The minimum atomic E-state index is -0.383. The summed E-state index contributed by atoms with van der Waals surface area (Å²) >= 11 is 0. The van der Waals surface area contributed by atoms with E-state index in [1.807, 2.05) is 54.6 Å². The number of nitrogens with zero attached hydrogens (tertiary/aromatic N) is 1. The van der Waals surface area contributed by atoms with E-state index >= 15 is 0 Å². The Kier molecular flexibility index (Phi) is 5.98. The molecule has 0 unspecified atom stereocenters. The fraction of sp³-hybridized carbons (Fsp3) is 0.111. The maximum atomic E-state index is 12.1. The summed E-state index contributed by atoms with van der Waals surface area (Å²) in [6, 6.07) is 19.5. The molecule has 3 rings (SSSR count). The molecule has 0 bridgehead atoms. The molecule has 0 radical (unpaired) electrons. The second-order valence-corrected chi connectivity index (χ2v) is 5.23. The number of H-pyrrole nitrogens is 1. The number of carbonyl (C=O) groups excluding carboxylic acids is 1. The molecule has 5 nitrogen and oxygen atoms in total. The Hall–Kier alpha value is -2.79. The summed E-state index contributed by atoms with van der Waals surface area (Å²) in [6.45, 7) is 0.624. The number of aromatic amines is 1. The molecule has 2 aromatic carbocycles. The Morgan fingerprint density at radius 3 is 2.54 bits per heavy atom. The molecule has 1 heterocycles. The second-order valence-electron chi connectivity index (χ2n) is 5.23. The van der Waals surface area contributed by atoms with Gasteiger partial charge in [-0.05, 0) is 24.1 Å². The molecule has 4 N–H and O–H groups in total. The number of nitrogens with one attached hydrogen (secondary N) is 2. The summed E-state index contributed by atoms with van der Waals surface area (Å²) in [5, 5.41) is 3.93. The van der Waals surface area contributed by atoms with Crippen LogP contribution in [0.5, 0.6) is 0 Å². The van der Waals surface area contributed by atoms with E-state index in [2.05, 4.69) is 15.3 Å². The molecule has 0 atom stereocenters. The molecule has 0 aliphatic rings. The number of aromatic nitrogens is 1. The van der Waals surface area contributed by atoms with Gasteiger partial charge in [-0.1, -0.05) is 48.5 Å². The molecule has 0 saturated heterocycles. The highest BCUT2D eigenvalue weighted by molar-refractivity contribution is 6.03. The van der Waals surface area contributed by atoms with Crippen LogP contribution in [0.3, 0.4) is 0 Å². The van der Waals surface area contributed by atoms with Gasteiger partial charge in [-0.3, -0.25) is 4.79 Å². The molecule has 0 aliphatic heterocycles. The smallest absolute Gasteiger partial charge is 0.296 e. The molecule has 0 fully saturated rings. The Morgan fingerprint density at radius 1 is 1.08 bits per heavy atom. The largest absolute Gasteiger partial charge is 0.370 e. The number of fused-ring (bicyclic) bond motifs is 1. The SMILES string of the molecule is Cl.NC(=NC(=O)c1cc2ccccc2[nH]1)NCCc1ccccc1. The van der Waals surface area contributed by atoms with Crippen molar-refractivity contribution in [2.75, 3.05) is 6.54 Å². The summed E-state index contributed by atoms with van der Waals surface area (Å²) in [5.74, 6) is -0.254. The first kappa shape index (κ1) is 17.6. The van der Waals surface area contributed by atoms with Crippen LogP contribution in [0.15, 0.2) is 65.7 Å². The lowest BCUT2D eigenvalue weighted by Crippen LogP contribution is -2.34. The van der Waals surface area contributed by atoms with Gasteiger partial charge in [0.2, 0.25) is 0 Å². The van der Waals surface area contributed by atoms with Gasteiger partial charge in [0.15, 0.2) is 5.96 Å². The molecule has 1 amide bonds. The van der Waals surface area contributed by atoms with Gasteiger partial charge in [0, 0.05) is 17.4 Å². The fourth-order valence-corrected chi connectivity index (χ4v) is 2.38.